The molecule has 0 bridgehead atoms. The van der Waals surface area contributed by atoms with Gasteiger partial charge in [-0.3, -0.25) is 0 Å². The van der Waals surface area contributed by atoms with Gasteiger partial charge in [-0.15, -0.1) is 11.8 Å². The molecule has 86 valence electrons. The first-order chi connectivity index (χ1) is 7.92. The standard InChI is InChI=1S/C14H19NS/c1-3-13(16-14-5-6-14)4-2-11(1)12-7-9-15-10-8-12/h1-4,12,14-15H,5-10H2. The average Bonchev–Trinajstić information content (AvgIpc) is 3.15. The van der Waals surface area contributed by atoms with Gasteiger partial charge in [0.1, 0.15) is 0 Å². The van der Waals surface area contributed by atoms with E-state index < -0.39 is 0 Å². The summed E-state index contributed by atoms with van der Waals surface area (Å²) in [6, 6.07) is 9.34. The number of hydrogen-bond acceptors (Lipinski definition) is 2. The van der Waals surface area contributed by atoms with Crippen molar-refractivity contribution in [2.45, 2.75) is 41.7 Å². The Bertz CT molecular complexity index is 336. The molecule has 1 aromatic carbocycles. The van der Waals surface area contributed by atoms with E-state index in [0.717, 1.165) is 11.2 Å². The molecule has 1 aliphatic carbocycles. The van der Waals surface area contributed by atoms with Crippen LogP contribution in [0.25, 0.3) is 0 Å². The Kier molecular flexibility index (Phi) is 3.20. The number of benzene rings is 1. The second-order valence-electron chi connectivity index (χ2n) is 4.91. The lowest BCUT2D eigenvalue weighted by atomic mass is 9.90. The minimum Gasteiger partial charge on any atom is -0.317 e. The molecule has 0 atom stereocenters. The third kappa shape index (κ3) is 2.61. The SMILES string of the molecule is c1cc(C2CCNCC2)ccc1SC1CC1. The zero-order valence-corrected chi connectivity index (χ0v) is 10.4. The first-order valence-electron chi connectivity index (χ1n) is 6.39. The molecule has 2 heteroatoms. The fraction of sp³-hybridized carbons (Fsp3) is 0.571. The van der Waals surface area contributed by atoms with Gasteiger partial charge in [0.15, 0.2) is 0 Å². The lowest BCUT2D eigenvalue weighted by Crippen LogP contribution is -2.26. The minimum absolute atomic E-state index is 0.793. The van der Waals surface area contributed by atoms with Crippen LogP contribution in [-0.2, 0) is 0 Å². The van der Waals surface area contributed by atoms with E-state index >= 15 is 0 Å². The maximum Gasteiger partial charge on any atom is 0.00952 e. The van der Waals surface area contributed by atoms with Gasteiger partial charge in [-0.1, -0.05) is 12.1 Å². The Morgan fingerprint density at radius 3 is 2.25 bits per heavy atom. The van der Waals surface area contributed by atoms with Crippen molar-refractivity contribution in [3.63, 3.8) is 0 Å². The van der Waals surface area contributed by atoms with Gasteiger partial charge in [0, 0.05) is 10.1 Å². The Labute approximate surface area is 102 Å². The Morgan fingerprint density at radius 1 is 0.938 bits per heavy atom. The number of thioether (sulfide) groups is 1. The summed E-state index contributed by atoms with van der Waals surface area (Å²) in [4.78, 5) is 1.46. The molecule has 0 amide bonds. The van der Waals surface area contributed by atoms with Crippen molar-refractivity contribution in [3.8, 4) is 0 Å². The largest absolute Gasteiger partial charge is 0.317 e. The van der Waals surface area contributed by atoms with E-state index in [4.69, 9.17) is 0 Å². The molecule has 1 aliphatic heterocycles. The lowest BCUT2D eigenvalue weighted by Gasteiger charge is -2.23. The minimum atomic E-state index is 0.793. The van der Waals surface area contributed by atoms with Crippen molar-refractivity contribution in [2.75, 3.05) is 13.1 Å². The Balaban J connectivity index is 1.65. The molecular weight excluding hydrogens is 214 g/mol. The van der Waals surface area contributed by atoms with Crippen LogP contribution in [0.5, 0.6) is 0 Å². The molecule has 2 aliphatic rings. The van der Waals surface area contributed by atoms with Crippen molar-refractivity contribution in [2.24, 2.45) is 0 Å². The van der Waals surface area contributed by atoms with Crippen LogP contribution in [0.3, 0.4) is 0 Å². The first-order valence-corrected chi connectivity index (χ1v) is 7.27. The predicted octanol–water partition coefficient (Wildman–Crippen LogP) is 3.41. The van der Waals surface area contributed by atoms with Crippen LogP contribution >= 0.6 is 11.8 Å². The summed E-state index contributed by atoms with van der Waals surface area (Å²) in [6.07, 6.45) is 5.44. The molecule has 2 fully saturated rings. The first kappa shape index (κ1) is 10.7. The lowest BCUT2D eigenvalue weighted by molar-refractivity contribution is 0.460. The van der Waals surface area contributed by atoms with Gasteiger partial charge in [-0.2, -0.15) is 0 Å². The van der Waals surface area contributed by atoms with Gasteiger partial charge >= 0.3 is 0 Å². The number of rotatable bonds is 3. The summed E-state index contributed by atoms with van der Waals surface area (Å²) in [5, 5.41) is 4.35. The van der Waals surface area contributed by atoms with E-state index in [9.17, 15) is 0 Å². The van der Waals surface area contributed by atoms with E-state index in [-0.39, 0.29) is 0 Å². The molecule has 1 saturated carbocycles. The molecule has 0 aromatic heterocycles. The molecule has 0 radical (unpaired) electrons. The van der Waals surface area contributed by atoms with E-state index in [2.05, 4.69) is 41.3 Å². The fourth-order valence-electron chi connectivity index (χ4n) is 2.35. The normalized spacial score (nSPS) is 22.2. The molecule has 1 N–H and O–H groups in total. The Hall–Kier alpha value is -0.470. The molecule has 1 heterocycles. The van der Waals surface area contributed by atoms with Crippen LogP contribution in [-0.4, -0.2) is 18.3 Å². The third-order valence-electron chi connectivity index (χ3n) is 3.52. The maximum atomic E-state index is 3.43. The number of hydrogen-bond donors (Lipinski definition) is 1. The summed E-state index contributed by atoms with van der Waals surface area (Å²) in [7, 11) is 0. The van der Waals surface area contributed by atoms with Crippen molar-refractivity contribution in [1.29, 1.82) is 0 Å². The highest BCUT2D eigenvalue weighted by atomic mass is 32.2. The van der Waals surface area contributed by atoms with Gasteiger partial charge in [0.05, 0.1) is 0 Å². The smallest absolute Gasteiger partial charge is 0.00952 e. The van der Waals surface area contributed by atoms with Crippen molar-refractivity contribution < 1.29 is 0 Å². The van der Waals surface area contributed by atoms with Crippen molar-refractivity contribution >= 4 is 11.8 Å². The molecule has 1 nitrogen and oxygen atoms in total. The highest BCUT2D eigenvalue weighted by Crippen LogP contribution is 2.39. The monoisotopic (exact) mass is 233 g/mol. The highest BCUT2D eigenvalue weighted by Gasteiger charge is 2.22. The zero-order valence-electron chi connectivity index (χ0n) is 9.61. The molecule has 3 rings (SSSR count). The summed E-state index contributed by atoms with van der Waals surface area (Å²) >= 11 is 2.05. The van der Waals surface area contributed by atoms with E-state index in [1.165, 1.54) is 43.7 Å². The van der Waals surface area contributed by atoms with Crippen LogP contribution in [0.2, 0.25) is 0 Å². The molecular formula is C14H19NS. The van der Waals surface area contributed by atoms with Crippen molar-refractivity contribution in [3.05, 3.63) is 29.8 Å². The van der Waals surface area contributed by atoms with E-state index in [1.54, 1.807) is 5.56 Å². The summed E-state index contributed by atoms with van der Waals surface area (Å²) in [5.74, 6) is 0.793. The van der Waals surface area contributed by atoms with Gasteiger partial charge in [0.2, 0.25) is 0 Å². The summed E-state index contributed by atoms with van der Waals surface area (Å²) < 4.78 is 0. The second kappa shape index (κ2) is 4.80. The van der Waals surface area contributed by atoms with Crippen LogP contribution in [0.4, 0.5) is 0 Å². The van der Waals surface area contributed by atoms with Crippen LogP contribution in [0, 0.1) is 0 Å². The third-order valence-corrected chi connectivity index (χ3v) is 4.87. The van der Waals surface area contributed by atoms with E-state index in [1.807, 2.05) is 0 Å². The molecule has 1 aromatic rings. The van der Waals surface area contributed by atoms with Gasteiger partial charge in [-0.25, -0.2) is 0 Å². The average molecular weight is 233 g/mol. The van der Waals surface area contributed by atoms with Crippen LogP contribution in [0.1, 0.15) is 37.2 Å². The van der Waals surface area contributed by atoms with Crippen LogP contribution in [0.15, 0.2) is 29.2 Å². The zero-order chi connectivity index (χ0) is 10.8. The van der Waals surface area contributed by atoms with Crippen LogP contribution < -0.4 is 5.32 Å². The molecule has 1 saturated heterocycles. The quantitative estimate of drug-likeness (QED) is 0.858. The molecule has 0 spiro atoms. The predicted molar refractivity (Wildman–Crippen MR) is 70.2 cm³/mol. The summed E-state index contributed by atoms with van der Waals surface area (Å²) in [5.41, 5.74) is 1.54. The molecule has 16 heavy (non-hydrogen) atoms. The highest BCUT2D eigenvalue weighted by molar-refractivity contribution is 8.00. The van der Waals surface area contributed by atoms with Gasteiger partial charge < -0.3 is 5.32 Å². The Morgan fingerprint density at radius 2 is 1.62 bits per heavy atom. The fourth-order valence-corrected chi connectivity index (χ4v) is 3.40. The molecule has 0 unspecified atom stereocenters. The topological polar surface area (TPSA) is 12.0 Å². The summed E-state index contributed by atoms with van der Waals surface area (Å²) in [6.45, 7) is 2.37. The number of piperidine rings is 1. The number of nitrogens with one attached hydrogen (secondary N) is 1. The second-order valence-corrected chi connectivity index (χ2v) is 6.28. The van der Waals surface area contributed by atoms with E-state index in [0.29, 0.717) is 0 Å². The van der Waals surface area contributed by atoms with Gasteiger partial charge in [-0.05, 0) is 62.4 Å². The maximum absolute atomic E-state index is 3.43. The van der Waals surface area contributed by atoms with Crippen molar-refractivity contribution in [1.82, 2.24) is 5.32 Å². The van der Waals surface area contributed by atoms with Gasteiger partial charge in [0.25, 0.3) is 0 Å².